The summed E-state index contributed by atoms with van der Waals surface area (Å²) in [5, 5.41) is 2.18. The third kappa shape index (κ3) is 2.06. The van der Waals surface area contributed by atoms with Crippen LogP contribution in [-0.2, 0) is 4.79 Å². The summed E-state index contributed by atoms with van der Waals surface area (Å²) in [5.74, 6) is -0.739. The van der Waals surface area contributed by atoms with Gasteiger partial charge in [-0.3, -0.25) is 15.0 Å². The molecule has 0 unspecified atom stereocenters. The first kappa shape index (κ1) is 11.1. The fourth-order valence-electron chi connectivity index (χ4n) is 1.49. The molecule has 16 heavy (non-hydrogen) atoms. The molecule has 6 heteroatoms. The number of benzene rings is 1. The minimum absolute atomic E-state index is 0.217. The molecule has 84 valence electrons. The molecule has 0 saturated carbocycles. The van der Waals surface area contributed by atoms with Gasteiger partial charge in [-0.2, -0.15) is 0 Å². The molecule has 1 N–H and O–H groups in total. The van der Waals surface area contributed by atoms with Crippen molar-refractivity contribution in [1.82, 2.24) is 5.32 Å². The lowest BCUT2D eigenvalue weighted by molar-refractivity contribution is -0.120. The molecular weight excluding hydrogens is 279 g/mol. The summed E-state index contributed by atoms with van der Waals surface area (Å²) in [6, 6.07) is 3.54. The molecule has 0 radical (unpaired) electrons. The van der Waals surface area contributed by atoms with Gasteiger partial charge in [-0.1, -0.05) is 0 Å². The molecule has 0 atom stereocenters. The maximum atomic E-state index is 13.1. The maximum Gasteiger partial charge on any atom is 0.328 e. The number of rotatable bonds is 1. The van der Waals surface area contributed by atoms with Crippen LogP contribution in [0.15, 0.2) is 22.7 Å². The molecule has 0 aliphatic carbocycles. The van der Waals surface area contributed by atoms with E-state index in [1.54, 1.807) is 0 Å². The summed E-state index contributed by atoms with van der Waals surface area (Å²) in [7, 11) is 0. The molecule has 3 amide bonds. The number of amides is 3. The predicted molar refractivity (Wildman–Crippen MR) is 59.6 cm³/mol. The number of halogens is 2. The standard InChI is InChI=1S/C10H8BrFN2O2/c11-7-2-1-6(12)5-8(7)14-4-3-9(15)13-10(14)16/h1-2,5H,3-4H2,(H,13,15,16). The first-order chi connectivity index (χ1) is 7.58. The highest BCUT2D eigenvalue weighted by molar-refractivity contribution is 9.10. The summed E-state index contributed by atoms with van der Waals surface area (Å²) >= 11 is 3.24. The van der Waals surface area contributed by atoms with Crippen molar-refractivity contribution in [3.63, 3.8) is 0 Å². The Hall–Kier alpha value is -1.43. The van der Waals surface area contributed by atoms with Crippen molar-refractivity contribution in [1.29, 1.82) is 0 Å². The van der Waals surface area contributed by atoms with Crippen LogP contribution in [0.3, 0.4) is 0 Å². The number of carbonyl (C=O) groups is 2. The number of nitrogens with zero attached hydrogens (tertiary/aromatic N) is 1. The van der Waals surface area contributed by atoms with E-state index >= 15 is 0 Å². The molecule has 0 aromatic heterocycles. The van der Waals surface area contributed by atoms with Gasteiger partial charge in [-0.25, -0.2) is 9.18 Å². The van der Waals surface area contributed by atoms with Gasteiger partial charge < -0.3 is 0 Å². The smallest absolute Gasteiger partial charge is 0.292 e. The number of hydrogen-bond acceptors (Lipinski definition) is 2. The molecule has 1 heterocycles. The SMILES string of the molecule is O=C1CCN(c2cc(F)ccc2Br)C(=O)N1. The number of imide groups is 1. The Bertz CT molecular complexity index is 464. The van der Waals surface area contributed by atoms with Crippen LogP contribution in [-0.4, -0.2) is 18.5 Å². The molecule has 4 nitrogen and oxygen atoms in total. The van der Waals surface area contributed by atoms with Crippen molar-refractivity contribution < 1.29 is 14.0 Å². The van der Waals surface area contributed by atoms with E-state index in [0.717, 1.165) is 0 Å². The minimum Gasteiger partial charge on any atom is -0.292 e. The largest absolute Gasteiger partial charge is 0.328 e. The molecular formula is C10H8BrFN2O2. The van der Waals surface area contributed by atoms with Crippen LogP contribution in [0, 0.1) is 5.82 Å². The molecule has 1 saturated heterocycles. The van der Waals surface area contributed by atoms with E-state index in [2.05, 4.69) is 21.2 Å². The van der Waals surface area contributed by atoms with Crippen LogP contribution < -0.4 is 10.2 Å². The summed E-state index contributed by atoms with van der Waals surface area (Å²) in [6.07, 6.45) is 0.217. The van der Waals surface area contributed by atoms with Crippen LogP contribution in [0.25, 0.3) is 0 Å². The molecule has 1 aliphatic rings. The fourth-order valence-corrected chi connectivity index (χ4v) is 1.95. The van der Waals surface area contributed by atoms with Crippen molar-refractivity contribution in [2.75, 3.05) is 11.4 Å². The van der Waals surface area contributed by atoms with Gasteiger partial charge in [0.25, 0.3) is 0 Å². The van der Waals surface area contributed by atoms with Gasteiger partial charge in [0.15, 0.2) is 0 Å². The van der Waals surface area contributed by atoms with Gasteiger partial charge >= 0.3 is 6.03 Å². The summed E-state index contributed by atoms with van der Waals surface area (Å²) in [5.41, 5.74) is 0.421. The van der Waals surface area contributed by atoms with Crippen LogP contribution in [0.4, 0.5) is 14.9 Å². The second-order valence-corrected chi connectivity index (χ2v) is 4.21. The zero-order valence-corrected chi connectivity index (χ0v) is 9.75. The molecule has 0 bridgehead atoms. The van der Waals surface area contributed by atoms with E-state index < -0.39 is 11.8 Å². The highest BCUT2D eigenvalue weighted by Gasteiger charge is 2.25. The van der Waals surface area contributed by atoms with Gasteiger partial charge in [0, 0.05) is 17.4 Å². The van der Waals surface area contributed by atoms with Gasteiger partial charge in [-0.05, 0) is 34.1 Å². The van der Waals surface area contributed by atoms with Gasteiger partial charge in [0.1, 0.15) is 5.82 Å². The monoisotopic (exact) mass is 286 g/mol. The van der Waals surface area contributed by atoms with Crippen molar-refractivity contribution >= 4 is 33.6 Å². The topological polar surface area (TPSA) is 49.4 Å². The number of nitrogens with one attached hydrogen (secondary N) is 1. The number of hydrogen-bond donors (Lipinski definition) is 1. The van der Waals surface area contributed by atoms with E-state index in [-0.39, 0.29) is 18.9 Å². The predicted octanol–water partition coefficient (Wildman–Crippen LogP) is 2.03. The van der Waals surface area contributed by atoms with Crippen LogP contribution in [0.5, 0.6) is 0 Å². The Morgan fingerprint density at radius 2 is 2.12 bits per heavy atom. The second kappa shape index (κ2) is 4.21. The van der Waals surface area contributed by atoms with Crippen LogP contribution in [0.2, 0.25) is 0 Å². The molecule has 1 fully saturated rings. The Morgan fingerprint density at radius 1 is 1.38 bits per heavy atom. The zero-order chi connectivity index (χ0) is 11.7. The molecule has 1 aliphatic heterocycles. The molecule has 0 spiro atoms. The fraction of sp³-hybridized carbons (Fsp3) is 0.200. The third-order valence-corrected chi connectivity index (χ3v) is 2.92. The third-order valence-electron chi connectivity index (χ3n) is 2.25. The summed E-state index contributed by atoms with van der Waals surface area (Å²) in [6.45, 7) is 0.257. The molecule has 2 rings (SSSR count). The first-order valence-corrected chi connectivity index (χ1v) is 5.43. The van der Waals surface area contributed by atoms with E-state index in [1.807, 2.05) is 0 Å². The average molecular weight is 287 g/mol. The molecule has 1 aromatic rings. The summed E-state index contributed by atoms with van der Waals surface area (Å²) in [4.78, 5) is 23.8. The zero-order valence-electron chi connectivity index (χ0n) is 8.17. The lowest BCUT2D eigenvalue weighted by Crippen LogP contribution is -2.49. The van der Waals surface area contributed by atoms with Gasteiger partial charge in [0.2, 0.25) is 5.91 Å². The van der Waals surface area contributed by atoms with E-state index in [0.29, 0.717) is 10.2 Å². The Balaban J connectivity index is 2.33. The van der Waals surface area contributed by atoms with Crippen molar-refractivity contribution in [2.24, 2.45) is 0 Å². The summed E-state index contributed by atoms with van der Waals surface area (Å²) < 4.78 is 13.7. The minimum atomic E-state index is -0.525. The number of urea groups is 1. The normalized spacial score (nSPS) is 16.2. The first-order valence-electron chi connectivity index (χ1n) is 4.64. The van der Waals surface area contributed by atoms with Crippen molar-refractivity contribution in [2.45, 2.75) is 6.42 Å². The van der Waals surface area contributed by atoms with E-state index in [9.17, 15) is 14.0 Å². The van der Waals surface area contributed by atoms with Crippen molar-refractivity contribution in [3.05, 3.63) is 28.5 Å². The highest BCUT2D eigenvalue weighted by Crippen LogP contribution is 2.28. The van der Waals surface area contributed by atoms with E-state index in [1.165, 1.54) is 23.1 Å². The van der Waals surface area contributed by atoms with Crippen molar-refractivity contribution in [3.8, 4) is 0 Å². The number of anilines is 1. The lowest BCUT2D eigenvalue weighted by atomic mass is 10.2. The maximum absolute atomic E-state index is 13.1. The van der Waals surface area contributed by atoms with Crippen LogP contribution in [0.1, 0.15) is 6.42 Å². The van der Waals surface area contributed by atoms with E-state index in [4.69, 9.17) is 0 Å². The van der Waals surface area contributed by atoms with Crippen LogP contribution >= 0.6 is 15.9 Å². The highest BCUT2D eigenvalue weighted by atomic mass is 79.9. The molecule has 1 aromatic carbocycles. The van der Waals surface area contributed by atoms with Gasteiger partial charge in [0.05, 0.1) is 5.69 Å². The Morgan fingerprint density at radius 3 is 2.81 bits per heavy atom. The lowest BCUT2D eigenvalue weighted by Gasteiger charge is -2.27. The Labute approximate surface area is 99.6 Å². The number of carbonyl (C=O) groups excluding carboxylic acids is 2. The quantitative estimate of drug-likeness (QED) is 0.859. The van der Waals surface area contributed by atoms with Gasteiger partial charge in [-0.15, -0.1) is 0 Å². The Kier molecular flexibility index (Phi) is 2.91. The average Bonchev–Trinajstić information content (AvgIpc) is 2.22. The second-order valence-electron chi connectivity index (χ2n) is 3.35.